The Labute approximate surface area is 166 Å². The number of methoxy groups -OCH3 is 1. The maximum Gasteiger partial charge on any atom is 0.250 e. The van der Waals surface area contributed by atoms with E-state index >= 15 is 0 Å². The van der Waals surface area contributed by atoms with Crippen LogP contribution in [-0.4, -0.2) is 18.6 Å². The van der Waals surface area contributed by atoms with E-state index in [1.54, 1.807) is 31.4 Å². The molecule has 0 heterocycles. The fourth-order valence-corrected chi connectivity index (χ4v) is 5.29. The van der Waals surface area contributed by atoms with Crippen LogP contribution < -0.4 is 10.6 Å². The van der Waals surface area contributed by atoms with Crippen LogP contribution in [0.25, 0.3) is 0 Å². The van der Waals surface area contributed by atoms with Gasteiger partial charge in [-0.1, -0.05) is 72.8 Å². The molecule has 0 spiro atoms. The van der Waals surface area contributed by atoms with E-state index in [0.717, 1.165) is 16.7 Å². The molecule has 3 aromatic rings. The number of ether oxygens (including phenoxy) is 1. The molecule has 5 heteroatoms. The Hall–Kier alpha value is -2.23. The van der Waals surface area contributed by atoms with Gasteiger partial charge in [0, 0.05) is 12.4 Å². The lowest BCUT2D eigenvalue weighted by atomic mass is 10.1. The normalized spacial score (nSPS) is 15.5. The minimum absolute atomic E-state index is 0.222. The third-order valence-corrected chi connectivity index (χ3v) is 7.02. The van der Waals surface area contributed by atoms with Crippen LogP contribution in [-0.2, 0) is 9.30 Å². The van der Waals surface area contributed by atoms with Crippen LogP contribution in [0.15, 0.2) is 84.9 Å². The molecule has 28 heavy (non-hydrogen) atoms. The molecule has 2 N–H and O–H groups in total. The third kappa shape index (κ3) is 4.60. The van der Waals surface area contributed by atoms with Crippen LogP contribution in [0.3, 0.4) is 0 Å². The van der Waals surface area contributed by atoms with Gasteiger partial charge in [0.25, 0.3) is 0 Å². The van der Waals surface area contributed by atoms with Crippen molar-refractivity contribution in [1.82, 2.24) is 5.32 Å². The van der Waals surface area contributed by atoms with Crippen LogP contribution in [0.5, 0.6) is 0 Å². The van der Waals surface area contributed by atoms with E-state index in [9.17, 15) is 9.46 Å². The van der Waals surface area contributed by atoms with Gasteiger partial charge in [0.1, 0.15) is 5.78 Å². The summed E-state index contributed by atoms with van der Waals surface area (Å²) in [5, 5.41) is 3.86. The van der Waals surface area contributed by atoms with Crippen molar-refractivity contribution in [2.75, 3.05) is 13.7 Å². The zero-order valence-electron chi connectivity index (χ0n) is 16.2. The molecule has 0 radical (unpaired) electrons. The molecule has 0 amide bonds. The first-order valence-electron chi connectivity index (χ1n) is 9.27. The van der Waals surface area contributed by atoms with Crippen molar-refractivity contribution in [1.29, 1.82) is 0 Å². The summed E-state index contributed by atoms with van der Waals surface area (Å²) < 4.78 is 19.1. The maximum absolute atomic E-state index is 13.7. The van der Waals surface area contributed by atoms with E-state index in [1.165, 1.54) is 0 Å². The Morgan fingerprint density at radius 1 is 0.929 bits per heavy atom. The van der Waals surface area contributed by atoms with Gasteiger partial charge < -0.3 is 9.63 Å². The lowest BCUT2D eigenvalue weighted by molar-refractivity contribution is 0.164. The first-order valence-corrected chi connectivity index (χ1v) is 11.0. The molecule has 0 saturated carbocycles. The van der Waals surface area contributed by atoms with Crippen molar-refractivity contribution in [3.05, 3.63) is 102 Å². The van der Waals surface area contributed by atoms with Crippen molar-refractivity contribution in [2.45, 2.75) is 18.7 Å². The molecular formula is C23H26NO3P. The summed E-state index contributed by atoms with van der Waals surface area (Å²) in [4.78, 5) is 11.2. The van der Waals surface area contributed by atoms with E-state index in [4.69, 9.17) is 4.74 Å². The molecule has 0 aliphatic carbocycles. The Balaban J connectivity index is 2.06. The summed E-state index contributed by atoms with van der Waals surface area (Å²) in [7, 11) is -2.13. The smallest absolute Gasteiger partial charge is 0.250 e. The van der Waals surface area contributed by atoms with Gasteiger partial charge in [-0.25, -0.2) is 0 Å². The Morgan fingerprint density at radius 3 is 2.11 bits per heavy atom. The number of aryl methyl sites for hydroxylation is 1. The van der Waals surface area contributed by atoms with Gasteiger partial charge in [0.05, 0.1) is 12.6 Å². The topological polar surface area (TPSA) is 58.6 Å². The highest BCUT2D eigenvalue weighted by Crippen LogP contribution is 2.54. The standard InChI is InChI=1S/C23H26NO3P/c1-18-11-9-10-16-21(18)23(28(25,26)20-14-7-4-8-15-20)24-22(17-27-2)19-12-5-3-6-13-19/h3-16,22-24H,17H2,1-2H3,(H,25,26)/t22-,23?/m1/s1. The van der Waals surface area contributed by atoms with Crippen molar-refractivity contribution in [3.8, 4) is 0 Å². The second-order valence-electron chi connectivity index (χ2n) is 6.80. The molecule has 146 valence electrons. The van der Waals surface area contributed by atoms with E-state index in [1.807, 2.05) is 67.6 Å². The number of benzene rings is 3. The molecule has 0 aromatic heterocycles. The van der Waals surface area contributed by atoms with Crippen molar-refractivity contribution in [2.24, 2.45) is 0 Å². The lowest BCUT2D eigenvalue weighted by Gasteiger charge is -2.30. The van der Waals surface area contributed by atoms with Gasteiger partial charge in [-0.05, 0) is 35.7 Å². The van der Waals surface area contributed by atoms with Gasteiger partial charge in [-0.2, -0.15) is 0 Å². The molecule has 3 aromatic carbocycles. The molecule has 4 nitrogen and oxygen atoms in total. The number of rotatable bonds is 8. The zero-order valence-corrected chi connectivity index (χ0v) is 17.1. The van der Waals surface area contributed by atoms with Gasteiger partial charge in [-0.3, -0.25) is 9.88 Å². The van der Waals surface area contributed by atoms with Gasteiger partial charge in [0.2, 0.25) is 7.37 Å². The van der Waals surface area contributed by atoms with Crippen LogP contribution >= 0.6 is 7.37 Å². The molecule has 3 rings (SSSR count). The summed E-state index contributed by atoms with van der Waals surface area (Å²) in [5.74, 6) is -0.753. The van der Waals surface area contributed by atoms with Crippen LogP contribution in [0, 0.1) is 6.92 Å². The van der Waals surface area contributed by atoms with E-state index in [0.29, 0.717) is 11.9 Å². The highest BCUT2D eigenvalue weighted by Gasteiger charge is 2.36. The molecule has 0 bridgehead atoms. The molecule has 3 atom stereocenters. The molecule has 0 aliphatic rings. The highest BCUT2D eigenvalue weighted by atomic mass is 31.2. The Kier molecular flexibility index (Phi) is 6.82. The Morgan fingerprint density at radius 2 is 1.50 bits per heavy atom. The summed E-state index contributed by atoms with van der Waals surface area (Å²) in [6, 6.07) is 26.2. The predicted octanol–water partition coefficient (Wildman–Crippen LogP) is 4.57. The zero-order chi connectivity index (χ0) is 20.0. The van der Waals surface area contributed by atoms with E-state index < -0.39 is 13.2 Å². The third-order valence-electron chi connectivity index (χ3n) is 4.85. The van der Waals surface area contributed by atoms with E-state index in [-0.39, 0.29) is 6.04 Å². The molecular weight excluding hydrogens is 369 g/mol. The lowest BCUT2D eigenvalue weighted by Crippen LogP contribution is -2.32. The quantitative estimate of drug-likeness (QED) is 0.549. The first kappa shape index (κ1) is 20.5. The fourth-order valence-electron chi connectivity index (χ4n) is 3.35. The summed E-state index contributed by atoms with van der Waals surface area (Å²) >= 11 is 0. The van der Waals surface area contributed by atoms with Crippen molar-refractivity contribution >= 4 is 12.7 Å². The first-order chi connectivity index (χ1) is 13.5. The number of hydrogen-bond donors (Lipinski definition) is 2. The summed E-state index contributed by atoms with van der Waals surface area (Å²) in [5.41, 5.74) is 2.79. The highest BCUT2D eigenvalue weighted by molar-refractivity contribution is 7.66. The molecule has 0 aliphatic heterocycles. The summed E-state index contributed by atoms with van der Waals surface area (Å²) in [6.45, 7) is 2.35. The van der Waals surface area contributed by atoms with Crippen molar-refractivity contribution < 1.29 is 14.2 Å². The Bertz CT molecular complexity index is 931. The SMILES string of the molecule is COC[C@@H](NC(c1ccccc1C)P(=O)(O)c1ccccc1)c1ccccc1. The van der Waals surface area contributed by atoms with Crippen LogP contribution in [0.2, 0.25) is 0 Å². The van der Waals surface area contributed by atoms with Gasteiger partial charge in [-0.15, -0.1) is 0 Å². The number of hydrogen-bond acceptors (Lipinski definition) is 3. The van der Waals surface area contributed by atoms with Gasteiger partial charge >= 0.3 is 0 Å². The van der Waals surface area contributed by atoms with Crippen LogP contribution in [0.4, 0.5) is 0 Å². The molecule has 2 unspecified atom stereocenters. The minimum atomic E-state index is -3.77. The van der Waals surface area contributed by atoms with Gasteiger partial charge in [0.15, 0.2) is 0 Å². The summed E-state index contributed by atoms with van der Waals surface area (Å²) in [6.07, 6.45) is 0. The predicted molar refractivity (Wildman–Crippen MR) is 114 cm³/mol. The van der Waals surface area contributed by atoms with Crippen LogP contribution in [0.1, 0.15) is 28.5 Å². The van der Waals surface area contributed by atoms with E-state index in [2.05, 4.69) is 5.32 Å². The monoisotopic (exact) mass is 395 g/mol. The second kappa shape index (κ2) is 9.31. The largest absolute Gasteiger partial charge is 0.383 e. The average Bonchev–Trinajstić information content (AvgIpc) is 2.73. The average molecular weight is 395 g/mol. The molecule has 0 fully saturated rings. The fraction of sp³-hybridized carbons (Fsp3) is 0.217. The second-order valence-corrected chi connectivity index (χ2v) is 9.08. The maximum atomic E-state index is 13.7. The minimum Gasteiger partial charge on any atom is -0.383 e. The number of nitrogens with one attached hydrogen (secondary N) is 1. The molecule has 0 saturated heterocycles. The van der Waals surface area contributed by atoms with Crippen molar-refractivity contribution in [3.63, 3.8) is 0 Å².